The fourth-order valence-electron chi connectivity index (χ4n) is 0.798. The van der Waals surface area contributed by atoms with Crippen LogP contribution in [0.4, 0.5) is 0 Å². The minimum Gasteiger partial charge on any atom is -0.478 e. The van der Waals surface area contributed by atoms with E-state index in [-0.39, 0.29) is 12.2 Å². The first kappa shape index (κ1) is 10.5. The van der Waals surface area contributed by atoms with E-state index in [2.05, 4.69) is 4.98 Å². The molecule has 1 aromatic rings. The lowest BCUT2D eigenvalue weighted by Crippen LogP contribution is -2.13. The van der Waals surface area contributed by atoms with E-state index >= 15 is 0 Å². The molecule has 1 rings (SSSR count). The quantitative estimate of drug-likeness (QED) is 0.736. The fraction of sp³-hybridized carbons (Fsp3) is 0.333. The number of aliphatic hydroxyl groups is 1. The first-order chi connectivity index (χ1) is 6.59. The zero-order valence-electron chi connectivity index (χ0n) is 7.67. The number of aromatic nitrogens is 1. The van der Waals surface area contributed by atoms with E-state index in [0.29, 0.717) is 5.88 Å². The standard InChI is InChI=1S/C9H11NO4/c1-6(11)5-14-8-3-2-7(4-10-8)9(12)13/h2-4,6,11H,5H2,1H3,(H,12,13)/t6-/m0/s1. The molecule has 0 aliphatic rings. The second kappa shape index (κ2) is 4.57. The van der Waals surface area contributed by atoms with E-state index < -0.39 is 12.1 Å². The van der Waals surface area contributed by atoms with Crippen molar-refractivity contribution in [3.8, 4) is 5.88 Å². The van der Waals surface area contributed by atoms with Crippen LogP contribution in [0.5, 0.6) is 5.88 Å². The van der Waals surface area contributed by atoms with E-state index in [0.717, 1.165) is 0 Å². The van der Waals surface area contributed by atoms with E-state index in [4.69, 9.17) is 14.9 Å². The SMILES string of the molecule is C[C@H](O)COc1ccc(C(=O)O)cn1. The molecule has 0 saturated heterocycles. The number of carbonyl (C=O) groups is 1. The van der Waals surface area contributed by atoms with Gasteiger partial charge < -0.3 is 14.9 Å². The normalized spacial score (nSPS) is 12.1. The van der Waals surface area contributed by atoms with Crippen molar-refractivity contribution >= 4 is 5.97 Å². The van der Waals surface area contributed by atoms with Crippen LogP contribution in [0.1, 0.15) is 17.3 Å². The molecule has 5 heteroatoms. The van der Waals surface area contributed by atoms with Crippen molar-refractivity contribution in [2.45, 2.75) is 13.0 Å². The van der Waals surface area contributed by atoms with Crippen molar-refractivity contribution in [1.82, 2.24) is 4.98 Å². The highest BCUT2D eigenvalue weighted by atomic mass is 16.5. The number of carboxylic acid groups (broad SMARTS) is 1. The molecule has 0 unspecified atom stereocenters. The summed E-state index contributed by atoms with van der Waals surface area (Å²) < 4.78 is 5.05. The van der Waals surface area contributed by atoms with E-state index in [1.165, 1.54) is 18.3 Å². The molecule has 14 heavy (non-hydrogen) atoms. The average Bonchev–Trinajstić information content (AvgIpc) is 2.15. The predicted octanol–water partition coefficient (Wildman–Crippen LogP) is 0.539. The Labute approximate surface area is 81.0 Å². The van der Waals surface area contributed by atoms with Gasteiger partial charge in [-0.1, -0.05) is 0 Å². The maximum Gasteiger partial charge on any atom is 0.337 e. The molecule has 0 saturated carbocycles. The molecule has 5 nitrogen and oxygen atoms in total. The average molecular weight is 197 g/mol. The summed E-state index contributed by atoms with van der Waals surface area (Å²) in [5, 5.41) is 17.5. The molecule has 1 heterocycles. The minimum absolute atomic E-state index is 0.106. The van der Waals surface area contributed by atoms with E-state index in [9.17, 15) is 4.79 Å². The third kappa shape index (κ3) is 3.02. The molecular weight excluding hydrogens is 186 g/mol. The third-order valence-electron chi connectivity index (χ3n) is 1.46. The molecule has 2 N–H and O–H groups in total. The van der Waals surface area contributed by atoms with Crippen molar-refractivity contribution in [3.05, 3.63) is 23.9 Å². The summed E-state index contributed by atoms with van der Waals surface area (Å²) in [6, 6.07) is 2.85. The highest BCUT2D eigenvalue weighted by Crippen LogP contribution is 2.07. The molecular formula is C9H11NO4. The minimum atomic E-state index is -1.03. The first-order valence-corrected chi connectivity index (χ1v) is 4.10. The molecule has 0 bridgehead atoms. The smallest absolute Gasteiger partial charge is 0.337 e. The second-order valence-corrected chi connectivity index (χ2v) is 2.85. The molecule has 76 valence electrons. The van der Waals surface area contributed by atoms with Gasteiger partial charge in [-0.05, 0) is 13.0 Å². The molecule has 1 aromatic heterocycles. The third-order valence-corrected chi connectivity index (χ3v) is 1.46. The molecule has 0 spiro atoms. The van der Waals surface area contributed by atoms with Gasteiger partial charge in [0.25, 0.3) is 0 Å². The van der Waals surface area contributed by atoms with Crippen molar-refractivity contribution in [3.63, 3.8) is 0 Å². The van der Waals surface area contributed by atoms with Gasteiger partial charge in [-0.3, -0.25) is 0 Å². The number of pyridine rings is 1. The summed E-state index contributed by atoms with van der Waals surface area (Å²) in [4.78, 5) is 14.2. The van der Waals surface area contributed by atoms with Gasteiger partial charge in [-0.2, -0.15) is 0 Å². The van der Waals surface area contributed by atoms with Crippen LogP contribution < -0.4 is 4.74 Å². The lowest BCUT2D eigenvalue weighted by Gasteiger charge is -2.06. The number of aromatic carboxylic acids is 1. The largest absolute Gasteiger partial charge is 0.478 e. The molecule has 0 aliphatic heterocycles. The summed E-state index contributed by atoms with van der Waals surface area (Å²) in [6.45, 7) is 1.73. The lowest BCUT2D eigenvalue weighted by molar-refractivity contribution is 0.0696. The summed E-state index contributed by atoms with van der Waals surface area (Å²) >= 11 is 0. The number of rotatable bonds is 4. The van der Waals surface area contributed by atoms with Crippen LogP contribution in [0, 0.1) is 0 Å². The van der Waals surface area contributed by atoms with Gasteiger partial charge in [-0.15, -0.1) is 0 Å². The highest BCUT2D eigenvalue weighted by Gasteiger charge is 2.03. The van der Waals surface area contributed by atoms with Crippen LogP contribution >= 0.6 is 0 Å². The van der Waals surface area contributed by atoms with Crippen molar-refractivity contribution in [2.24, 2.45) is 0 Å². The Morgan fingerprint density at radius 3 is 2.79 bits per heavy atom. The molecule has 1 atom stereocenters. The van der Waals surface area contributed by atoms with Gasteiger partial charge in [0.15, 0.2) is 0 Å². The first-order valence-electron chi connectivity index (χ1n) is 4.10. The number of nitrogens with zero attached hydrogens (tertiary/aromatic N) is 1. The van der Waals surface area contributed by atoms with Gasteiger partial charge in [0.05, 0.1) is 11.7 Å². The Hall–Kier alpha value is -1.62. The van der Waals surface area contributed by atoms with Crippen LogP contribution in [-0.4, -0.2) is 33.9 Å². The highest BCUT2D eigenvalue weighted by molar-refractivity contribution is 5.87. The van der Waals surface area contributed by atoms with Gasteiger partial charge in [0.1, 0.15) is 6.61 Å². The van der Waals surface area contributed by atoms with Gasteiger partial charge in [0.2, 0.25) is 5.88 Å². The van der Waals surface area contributed by atoms with Crippen molar-refractivity contribution in [2.75, 3.05) is 6.61 Å². The molecule has 0 radical (unpaired) electrons. The Bertz CT molecular complexity index is 307. The van der Waals surface area contributed by atoms with E-state index in [1.54, 1.807) is 6.92 Å². The summed E-state index contributed by atoms with van der Waals surface area (Å²) in [5.41, 5.74) is 0.106. The van der Waals surface area contributed by atoms with Crippen LogP contribution in [0.3, 0.4) is 0 Å². The zero-order chi connectivity index (χ0) is 10.6. The molecule has 0 fully saturated rings. The maximum absolute atomic E-state index is 10.5. The van der Waals surface area contributed by atoms with Crippen LogP contribution in [0.25, 0.3) is 0 Å². The van der Waals surface area contributed by atoms with Crippen LogP contribution in [0.2, 0.25) is 0 Å². The summed E-state index contributed by atoms with van der Waals surface area (Å²) in [7, 11) is 0. The number of ether oxygens (including phenoxy) is 1. The Morgan fingerprint density at radius 1 is 1.64 bits per heavy atom. The number of aliphatic hydroxyl groups excluding tert-OH is 1. The van der Waals surface area contributed by atoms with Gasteiger partial charge in [0, 0.05) is 12.3 Å². The molecule has 0 aromatic carbocycles. The van der Waals surface area contributed by atoms with Crippen LogP contribution in [-0.2, 0) is 0 Å². The Morgan fingerprint density at radius 2 is 2.36 bits per heavy atom. The maximum atomic E-state index is 10.5. The summed E-state index contributed by atoms with van der Waals surface area (Å²) in [5.74, 6) is -0.726. The topological polar surface area (TPSA) is 79.7 Å². The van der Waals surface area contributed by atoms with Crippen molar-refractivity contribution < 1.29 is 19.7 Å². The fourth-order valence-corrected chi connectivity index (χ4v) is 0.798. The molecule has 0 aliphatic carbocycles. The second-order valence-electron chi connectivity index (χ2n) is 2.85. The molecule has 0 amide bonds. The van der Waals surface area contributed by atoms with Crippen LogP contribution in [0.15, 0.2) is 18.3 Å². The van der Waals surface area contributed by atoms with Gasteiger partial charge >= 0.3 is 5.97 Å². The summed E-state index contributed by atoms with van der Waals surface area (Å²) in [6.07, 6.45) is 0.635. The Kier molecular flexibility index (Phi) is 3.41. The van der Waals surface area contributed by atoms with Gasteiger partial charge in [-0.25, -0.2) is 9.78 Å². The number of hydrogen-bond donors (Lipinski definition) is 2. The predicted molar refractivity (Wildman–Crippen MR) is 48.4 cm³/mol. The monoisotopic (exact) mass is 197 g/mol. The zero-order valence-corrected chi connectivity index (χ0v) is 7.67. The van der Waals surface area contributed by atoms with E-state index in [1.807, 2.05) is 0 Å². The number of hydrogen-bond acceptors (Lipinski definition) is 4. The van der Waals surface area contributed by atoms with Crippen molar-refractivity contribution in [1.29, 1.82) is 0 Å². The lowest BCUT2D eigenvalue weighted by atomic mass is 10.3. The Balaban J connectivity index is 2.60. The number of carboxylic acids is 1.